The molecule has 1 aromatic rings. The van der Waals surface area contributed by atoms with Gasteiger partial charge in [0.25, 0.3) is 0 Å². The van der Waals surface area contributed by atoms with Gasteiger partial charge in [0.1, 0.15) is 5.82 Å². The van der Waals surface area contributed by atoms with Crippen molar-refractivity contribution in [1.82, 2.24) is 15.2 Å². The van der Waals surface area contributed by atoms with Crippen LogP contribution in [0.5, 0.6) is 0 Å². The monoisotopic (exact) mass is 254 g/mol. The molecule has 0 radical (unpaired) electrons. The first-order chi connectivity index (χ1) is 7.85. The molecule has 86 valence electrons. The highest BCUT2D eigenvalue weighted by Gasteiger charge is 2.29. The summed E-state index contributed by atoms with van der Waals surface area (Å²) in [5.74, 6) is 3.93. The Balaban J connectivity index is 2.11. The second-order valence-corrected chi connectivity index (χ2v) is 6.18. The maximum absolute atomic E-state index is 8.59. The van der Waals surface area contributed by atoms with Gasteiger partial charge in [0.2, 0.25) is 0 Å². The van der Waals surface area contributed by atoms with Gasteiger partial charge in [0, 0.05) is 16.8 Å². The quantitative estimate of drug-likeness (QED) is 0.895. The molecule has 1 fully saturated rings. The predicted molar refractivity (Wildman–Crippen MR) is 67.4 cm³/mol. The summed E-state index contributed by atoms with van der Waals surface area (Å²) in [5, 5.41) is 16.7. The van der Waals surface area contributed by atoms with Crippen LogP contribution in [0.4, 0.5) is 0 Å². The van der Waals surface area contributed by atoms with Gasteiger partial charge in [0.05, 0.1) is 17.7 Å². The molecule has 1 aliphatic heterocycles. The number of nitrogens with one attached hydrogen (secondary N) is 1. The SMILES string of the molecule is CCC1SCCSC1c1n[nH]c(CC#N)n1. The molecule has 2 atom stereocenters. The molecule has 1 N–H and O–H groups in total. The standard InChI is InChI=1S/C10H14N4S2/c1-2-7-9(16-6-5-15-7)10-12-8(3-4-11)13-14-10/h7,9H,2-3,5-6H2,1H3,(H,12,13,14). The van der Waals surface area contributed by atoms with E-state index in [4.69, 9.17) is 5.26 Å². The van der Waals surface area contributed by atoms with Crippen molar-refractivity contribution in [3.8, 4) is 6.07 Å². The summed E-state index contributed by atoms with van der Waals surface area (Å²) in [6, 6.07) is 2.08. The molecule has 2 unspecified atom stereocenters. The van der Waals surface area contributed by atoms with E-state index in [1.54, 1.807) is 0 Å². The average Bonchev–Trinajstić information content (AvgIpc) is 2.78. The second kappa shape index (κ2) is 5.60. The number of nitriles is 1. The van der Waals surface area contributed by atoms with E-state index in [9.17, 15) is 0 Å². The average molecular weight is 254 g/mol. The van der Waals surface area contributed by atoms with Crippen LogP contribution in [-0.2, 0) is 6.42 Å². The summed E-state index contributed by atoms with van der Waals surface area (Å²) in [6.07, 6.45) is 1.46. The molecule has 1 aliphatic rings. The van der Waals surface area contributed by atoms with Crippen LogP contribution in [0.2, 0.25) is 0 Å². The van der Waals surface area contributed by atoms with Crippen molar-refractivity contribution in [2.45, 2.75) is 30.3 Å². The van der Waals surface area contributed by atoms with Gasteiger partial charge >= 0.3 is 0 Å². The van der Waals surface area contributed by atoms with E-state index in [1.165, 1.54) is 5.75 Å². The van der Waals surface area contributed by atoms with Gasteiger partial charge in [-0.05, 0) is 6.42 Å². The smallest absolute Gasteiger partial charge is 0.164 e. The third-order valence-corrected chi connectivity index (χ3v) is 5.75. The van der Waals surface area contributed by atoms with Crippen molar-refractivity contribution in [2.75, 3.05) is 11.5 Å². The molecular formula is C10H14N4S2. The van der Waals surface area contributed by atoms with E-state index in [-0.39, 0.29) is 0 Å². The van der Waals surface area contributed by atoms with Crippen LogP contribution in [0, 0.1) is 11.3 Å². The van der Waals surface area contributed by atoms with E-state index in [2.05, 4.69) is 28.2 Å². The van der Waals surface area contributed by atoms with E-state index >= 15 is 0 Å². The number of H-pyrrole nitrogens is 1. The van der Waals surface area contributed by atoms with Crippen LogP contribution in [0.3, 0.4) is 0 Å². The zero-order valence-corrected chi connectivity index (χ0v) is 10.8. The van der Waals surface area contributed by atoms with E-state index in [1.807, 2.05) is 23.5 Å². The molecule has 1 aromatic heterocycles. The minimum Gasteiger partial charge on any atom is -0.262 e. The first kappa shape index (κ1) is 11.8. The Morgan fingerprint density at radius 3 is 3.06 bits per heavy atom. The largest absolute Gasteiger partial charge is 0.262 e. The lowest BCUT2D eigenvalue weighted by Crippen LogP contribution is -2.19. The van der Waals surface area contributed by atoms with Crippen molar-refractivity contribution >= 4 is 23.5 Å². The summed E-state index contributed by atoms with van der Waals surface area (Å²) in [7, 11) is 0. The fourth-order valence-corrected chi connectivity index (χ4v) is 4.72. The molecular weight excluding hydrogens is 240 g/mol. The van der Waals surface area contributed by atoms with Crippen LogP contribution in [0.15, 0.2) is 0 Å². The summed E-state index contributed by atoms with van der Waals surface area (Å²) in [5.41, 5.74) is 0. The molecule has 4 nitrogen and oxygen atoms in total. The van der Waals surface area contributed by atoms with Crippen LogP contribution in [0.1, 0.15) is 30.2 Å². The number of hydrogen-bond donors (Lipinski definition) is 1. The fourth-order valence-electron chi connectivity index (χ4n) is 1.73. The van der Waals surface area contributed by atoms with Gasteiger partial charge in [-0.3, -0.25) is 5.10 Å². The number of aromatic nitrogens is 3. The molecule has 16 heavy (non-hydrogen) atoms. The summed E-state index contributed by atoms with van der Waals surface area (Å²) >= 11 is 3.94. The van der Waals surface area contributed by atoms with Crippen molar-refractivity contribution in [1.29, 1.82) is 5.26 Å². The Labute approximate surface area is 104 Å². The van der Waals surface area contributed by atoms with Crippen molar-refractivity contribution < 1.29 is 0 Å². The lowest BCUT2D eigenvalue weighted by molar-refractivity contribution is 0.753. The van der Waals surface area contributed by atoms with Crippen LogP contribution >= 0.6 is 23.5 Å². The van der Waals surface area contributed by atoms with Crippen molar-refractivity contribution in [2.24, 2.45) is 0 Å². The molecule has 0 aliphatic carbocycles. The second-order valence-electron chi connectivity index (χ2n) is 3.58. The molecule has 0 spiro atoms. The highest BCUT2D eigenvalue weighted by atomic mass is 32.2. The number of rotatable bonds is 3. The van der Waals surface area contributed by atoms with Crippen molar-refractivity contribution in [3.05, 3.63) is 11.6 Å². The topological polar surface area (TPSA) is 65.4 Å². The Kier molecular flexibility index (Phi) is 4.13. The Morgan fingerprint density at radius 1 is 1.50 bits per heavy atom. The maximum atomic E-state index is 8.59. The van der Waals surface area contributed by atoms with E-state index in [0.29, 0.717) is 22.7 Å². The lowest BCUT2D eigenvalue weighted by Gasteiger charge is -2.27. The van der Waals surface area contributed by atoms with Gasteiger partial charge in [-0.1, -0.05) is 6.92 Å². The van der Waals surface area contributed by atoms with E-state index in [0.717, 1.165) is 18.0 Å². The molecule has 0 bridgehead atoms. The number of nitrogens with zero attached hydrogens (tertiary/aromatic N) is 3. The van der Waals surface area contributed by atoms with Crippen molar-refractivity contribution in [3.63, 3.8) is 0 Å². The summed E-state index contributed by atoms with van der Waals surface area (Å²) in [6.45, 7) is 2.21. The summed E-state index contributed by atoms with van der Waals surface area (Å²) in [4.78, 5) is 4.40. The van der Waals surface area contributed by atoms with Gasteiger partial charge in [0.15, 0.2) is 5.82 Å². The third-order valence-electron chi connectivity index (χ3n) is 2.50. The Morgan fingerprint density at radius 2 is 2.31 bits per heavy atom. The first-order valence-electron chi connectivity index (χ1n) is 5.36. The van der Waals surface area contributed by atoms with Crippen LogP contribution in [-0.4, -0.2) is 31.9 Å². The lowest BCUT2D eigenvalue weighted by atomic mass is 10.2. The normalized spacial score (nSPS) is 25.2. The maximum Gasteiger partial charge on any atom is 0.164 e. The molecule has 6 heteroatoms. The molecule has 2 heterocycles. The summed E-state index contributed by atoms with van der Waals surface area (Å²) < 4.78 is 0. The van der Waals surface area contributed by atoms with E-state index < -0.39 is 0 Å². The zero-order valence-electron chi connectivity index (χ0n) is 9.14. The van der Waals surface area contributed by atoms with Crippen LogP contribution < -0.4 is 0 Å². The predicted octanol–water partition coefficient (Wildman–Crippen LogP) is 2.17. The zero-order chi connectivity index (χ0) is 11.4. The Hall–Kier alpha value is -0.670. The fraction of sp³-hybridized carbons (Fsp3) is 0.700. The minimum atomic E-state index is 0.314. The van der Waals surface area contributed by atoms with Gasteiger partial charge in [-0.15, -0.1) is 11.8 Å². The number of hydrogen-bond acceptors (Lipinski definition) is 5. The molecule has 0 saturated carbocycles. The van der Waals surface area contributed by atoms with Gasteiger partial charge in [-0.2, -0.15) is 22.1 Å². The number of thioether (sulfide) groups is 2. The Bertz CT molecular complexity index is 384. The highest BCUT2D eigenvalue weighted by molar-refractivity contribution is 8.06. The van der Waals surface area contributed by atoms with Gasteiger partial charge in [-0.25, -0.2) is 4.98 Å². The molecule has 1 saturated heterocycles. The third kappa shape index (κ3) is 2.53. The first-order valence-corrected chi connectivity index (χ1v) is 7.46. The van der Waals surface area contributed by atoms with Crippen LogP contribution in [0.25, 0.3) is 0 Å². The van der Waals surface area contributed by atoms with Gasteiger partial charge < -0.3 is 0 Å². The molecule has 0 aromatic carbocycles. The molecule has 2 rings (SSSR count). The number of aromatic amines is 1. The highest BCUT2D eigenvalue weighted by Crippen LogP contribution is 2.42. The minimum absolute atomic E-state index is 0.314. The molecule has 0 amide bonds.